The van der Waals surface area contributed by atoms with Crippen molar-refractivity contribution in [3.8, 4) is 11.5 Å². The minimum atomic E-state index is -1.44. The van der Waals surface area contributed by atoms with Crippen LogP contribution in [0.15, 0.2) is 53.9 Å². The average molecular weight is 441 g/mol. The molecular weight excluding hydrogens is 412 g/mol. The first-order valence-electron chi connectivity index (χ1n) is 10.2. The lowest BCUT2D eigenvalue weighted by Crippen LogP contribution is -2.52. The van der Waals surface area contributed by atoms with Crippen LogP contribution in [0.5, 0.6) is 11.5 Å². The normalized spacial score (nSPS) is 16.3. The number of nitrogens with zero attached hydrogens (tertiary/aromatic N) is 2. The number of aliphatic hydroxyl groups excluding tert-OH is 1. The first kappa shape index (κ1) is 23.1. The standard InChI is InChI=1S/C23H28N4O5/c1-5-16(13-9-11-14(32-4)12-10-13)25-18-19(22(30)21(18)29)27(24)17-8-6-7-15(20(17)28)23(31)26(2)3/h6-12,16,22,25,28,30H,5,24H2,1-4H3. The molecule has 3 rings (SSSR count). The summed E-state index contributed by atoms with van der Waals surface area (Å²) >= 11 is 0. The highest BCUT2D eigenvalue weighted by Gasteiger charge is 2.42. The summed E-state index contributed by atoms with van der Waals surface area (Å²) in [7, 11) is 4.72. The number of methoxy groups -OCH3 is 1. The van der Waals surface area contributed by atoms with Crippen molar-refractivity contribution < 1.29 is 24.5 Å². The number of para-hydroxylation sites is 1. The van der Waals surface area contributed by atoms with Crippen LogP contribution in [-0.4, -0.2) is 54.1 Å². The highest BCUT2D eigenvalue weighted by molar-refractivity contribution is 6.09. The molecule has 32 heavy (non-hydrogen) atoms. The van der Waals surface area contributed by atoms with Gasteiger partial charge < -0.3 is 25.2 Å². The second-order valence-corrected chi connectivity index (χ2v) is 7.65. The number of phenols is 1. The number of anilines is 1. The van der Waals surface area contributed by atoms with Crippen molar-refractivity contribution >= 4 is 17.4 Å². The Kier molecular flexibility index (Phi) is 6.71. The predicted octanol–water partition coefficient (Wildman–Crippen LogP) is 1.68. The lowest BCUT2D eigenvalue weighted by Gasteiger charge is -2.36. The Labute approximate surface area is 186 Å². The van der Waals surface area contributed by atoms with Crippen LogP contribution in [-0.2, 0) is 4.79 Å². The van der Waals surface area contributed by atoms with Crippen LogP contribution in [0.2, 0.25) is 0 Å². The Morgan fingerprint density at radius 2 is 1.88 bits per heavy atom. The molecule has 5 N–H and O–H groups in total. The average Bonchev–Trinajstić information content (AvgIpc) is 2.80. The highest BCUT2D eigenvalue weighted by atomic mass is 16.5. The van der Waals surface area contributed by atoms with Gasteiger partial charge in [0, 0.05) is 14.1 Å². The summed E-state index contributed by atoms with van der Waals surface area (Å²) in [5, 5.41) is 25.2. The van der Waals surface area contributed by atoms with Crippen LogP contribution in [0.4, 0.5) is 5.69 Å². The molecule has 9 heteroatoms. The molecule has 0 saturated heterocycles. The van der Waals surface area contributed by atoms with Crippen molar-refractivity contribution in [2.24, 2.45) is 5.84 Å². The molecule has 0 fully saturated rings. The van der Waals surface area contributed by atoms with Gasteiger partial charge >= 0.3 is 0 Å². The fourth-order valence-electron chi connectivity index (χ4n) is 3.54. The van der Waals surface area contributed by atoms with Crippen LogP contribution in [0.3, 0.4) is 0 Å². The van der Waals surface area contributed by atoms with Gasteiger partial charge in [0.1, 0.15) is 11.4 Å². The maximum Gasteiger partial charge on any atom is 0.257 e. The first-order valence-corrected chi connectivity index (χ1v) is 10.2. The molecule has 0 spiro atoms. The van der Waals surface area contributed by atoms with Gasteiger partial charge in [0.15, 0.2) is 11.9 Å². The number of nitrogens with one attached hydrogen (secondary N) is 1. The van der Waals surface area contributed by atoms with E-state index in [1.807, 2.05) is 31.2 Å². The molecule has 170 valence electrons. The number of hydrazine groups is 1. The lowest BCUT2D eigenvalue weighted by molar-refractivity contribution is -0.125. The van der Waals surface area contributed by atoms with Crippen LogP contribution in [0, 0.1) is 0 Å². The minimum Gasteiger partial charge on any atom is -0.505 e. The topological polar surface area (TPSA) is 128 Å². The van der Waals surface area contributed by atoms with E-state index in [0.717, 1.165) is 16.3 Å². The molecule has 1 aliphatic carbocycles. The molecule has 1 amide bonds. The van der Waals surface area contributed by atoms with Crippen molar-refractivity contribution in [2.45, 2.75) is 25.5 Å². The van der Waals surface area contributed by atoms with E-state index in [-0.39, 0.29) is 34.4 Å². The molecule has 1 aliphatic rings. The summed E-state index contributed by atoms with van der Waals surface area (Å²) in [6, 6.07) is 11.8. The van der Waals surface area contributed by atoms with Gasteiger partial charge in [-0.15, -0.1) is 0 Å². The molecule has 0 radical (unpaired) electrons. The zero-order valence-electron chi connectivity index (χ0n) is 18.5. The van der Waals surface area contributed by atoms with E-state index in [2.05, 4.69) is 5.32 Å². The van der Waals surface area contributed by atoms with Crippen molar-refractivity contribution in [1.29, 1.82) is 0 Å². The summed E-state index contributed by atoms with van der Waals surface area (Å²) in [5.41, 5.74) is 1.36. The molecule has 2 atom stereocenters. The summed E-state index contributed by atoms with van der Waals surface area (Å²) in [4.78, 5) is 26.1. The Morgan fingerprint density at radius 1 is 1.22 bits per heavy atom. The van der Waals surface area contributed by atoms with Crippen LogP contribution in [0.25, 0.3) is 0 Å². The third kappa shape index (κ3) is 4.12. The molecule has 0 aromatic heterocycles. The SMILES string of the molecule is CCC(NC1=C(N(N)c2cccc(C(=O)N(C)C)c2O)C(O)C1=O)c1ccc(OC)cc1. The van der Waals surface area contributed by atoms with E-state index in [0.29, 0.717) is 6.42 Å². The number of amides is 1. The monoisotopic (exact) mass is 440 g/mol. The Morgan fingerprint density at radius 3 is 2.44 bits per heavy atom. The first-order chi connectivity index (χ1) is 15.2. The summed E-state index contributed by atoms with van der Waals surface area (Å²) in [6.07, 6.45) is -0.779. The highest BCUT2D eigenvalue weighted by Crippen LogP contribution is 2.37. The van der Waals surface area contributed by atoms with Crippen LogP contribution in [0.1, 0.15) is 35.3 Å². The van der Waals surface area contributed by atoms with Crippen molar-refractivity contribution in [3.63, 3.8) is 0 Å². The van der Waals surface area contributed by atoms with E-state index < -0.39 is 17.8 Å². The number of ether oxygens (including phenoxy) is 1. The lowest BCUT2D eigenvalue weighted by atomic mass is 9.92. The van der Waals surface area contributed by atoms with Crippen LogP contribution < -0.4 is 20.9 Å². The van der Waals surface area contributed by atoms with Gasteiger partial charge in [0.25, 0.3) is 5.91 Å². The molecule has 0 bridgehead atoms. The molecule has 0 aliphatic heterocycles. The van der Waals surface area contributed by atoms with Crippen LogP contribution >= 0.6 is 0 Å². The van der Waals surface area contributed by atoms with Gasteiger partial charge in [-0.3, -0.25) is 14.6 Å². The van der Waals surface area contributed by atoms with Crippen molar-refractivity contribution in [1.82, 2.24) is 10.2 Å². The number of Topliss-reactive ketones (excluding diaryl/α,β-unsaturated/α-hetero) is 1. The number of carbonyl (C=O) groups is 2. The second-order valence-electron chi connectivity index (χ2n) is 7.65. The molecular formula is C23H28N4O5. The molecule has 9 nitrogen and oxygen atoms in total. The third-order valence-electron chi connectivity index (χ3n) is 5.43. The number of nitrogens with two attached hydrogens (primary N) is 1. The van der Waals surface area contributed by atoms with Gasteiger partial charge in [-0.25, -0.2) is 5.84 Å². The molecule has 2 aromatic rings. The number of hydrogen-bond donors (Lipinski definition) is 4. The van der Waals surface area contributed by atoms with E-state index in [9.17, 15) is 19.8 Å². The van der Waals surface area contributed by atoms with E-state index in [1.54, 1.807) is 27.3 Å². The van der Waals surface area contributed by atoms with Crippen molar-refractivity contribution in [2.75, 3.05) is 26.2 Å². The quantitative estimate of drug-likeness (QED) is 0.361. The maximum atomic E-state index is 12.4. The molecule has 0 saturated carbocycles. The number of benzene rings is 2. The Balaban J connectivity index is 1.94. The number of aliphatic hydroxyl groups is 1. The number of rotatable bonds is 8. The smallest absolute Gasteiger partial charge is 0.257 e. The zero-order valence-corrected chi connectivity index (χ0v) is 18.5. The summed E-state index contributed by atoms with van der Waals surface area (Å²) in [6.45, 7) is 1.96. The number of carbonyl (C=O) groups excluding carboxylic acids is 2. The van der Waals surface area contributed by atoms with E-state index in [4.69, 9.17) is 10.6 Å². The number of phenolic OH excluding ortho intramolecular Hbond substituents is 1. The predicted molar refractivity (Wildman–Crippen MR) is 120 cm³/mol. The fourth-order valence-corrected chi connectivity index (χ4v) is 3.54. The zero-order chi connectivity index (χ0) is 23.6. The molecule has 0 heterocycles. The largest absolute Gasteiger partial charge is 0.505 e. The summed E-state index contributed by atoms with van der Waals surface area (Å²) in [5.74, 6) is 5.68. The van der Waals surface area contributed by atoms with Gasteiger partial charge in [0.05, 0.1) is 30.1 Å². The molecule has 2 unspecified atom stereocenters. The van der Waals surface area contributed by atoms with Gasteiger partial charge in [0.2, 0.25) is 5.78 Å². The second kappa shape index (κ2) is 9.29. The fraction of sp³-hybridized carbons (Fsp3) is 0.304. The molecule has 2 aromatic carbocycles. The van der Waals surface area contributed by atoms with Gasteiger partial charge in [-0.1, -0.05) is 25.1 Å². The maximum absolute atomic E-state index is 12.4. The summed E-state index contributed by atoms with van der Waals surface area (Å²) < 4.78 is 5.19. The van der Waals surface area contributed by atoms with E-state index >= 15 is 0 Å². The van der Waals surface area contributed by atoms with Crippen molar-refractivity contribution in [3.05, 3.63) is 65.0 Å². The van der Waals surface area contributed by atoms with E-state index in [1.165, 1.54) is 17.0 Å². The minimum absolute atomic E-state index is 0.0582. The number of ketones is 1. The number of aromatic hydroxyl groups is 1. The third-order valence-corrected chi connectivity index (χ3v) is 5.43. The Hall–Kier alpha value is -3.56. The van der Waals surface area contributed by atoms with Gasteiger partial charge in [-0.05, 0) is 36.2 Å². The Bertz CT molecular complexity index is 1050. The number of hydrogen-bond acceptors (Lipinski definition) is 8. The van der Waals surface area contributed by atoms with Gasteiger partial charge in [-0.2, -0.15) is 0 Å².